The highest BCUT2D eigenvalue weighted by atomic mass is 35.5. The monoisotopic (exact) mass is 463 g/mol. The van der Waals surface area contributed by atoms with Crippen molar-refractivity contribution in [3.05, 3.63) is 101 Å². The van der Waals surface area contributed by atoms with Gasteiger partial charge in [-0.2, -0.15) is 0 Å². The van der Waals surface area contributed by atoms with Crippen LogP contribution in [0.3, 0.4) is 0 Å². The van der Waals surface area contributed by atoms with Gasteiger partial charge < -0.3 is 0 Å². The lowest BCUT2D eigenvalue weighted by Crippen LogP contribution is -2.25. The minimum Gasteiger partial charge on any atom is -0.298 e. The van der Waals surface area contributed by atoms with Crippen molar-refractivity contribution in [3.8, 4) is 5.69 Å². The Morgan fingerprint density at radius 1 is 1.00 bits per heavy atom. The van der Waals surface area contributed by atoms with Crippen molar-refractivity contribution in [3.63, 3.8) is 0 Å². The van der Waals surface area contributed by atoms with E-state index >= 15 is 0 Å². The van der Waals surface area contributed by atoms with Gasteiger partial charge in [-0.15, -0.1) is 10.2 Å². The molecule has 1 atom stereocenters. The van der Waals surface area contributed by atoms with E-state index in [1.54, 1.807) is 11.8 Å². The molecule has 2 aromatic heterocycles. The van der Waals surface area contributed by atoms with E-state index in [9.17, 15) is 0 Å². The average Bonchev–Trinajstić information content (AvgIpc) is 3.21. The zero-order valence-electron chi connectivity index (χ0n) is 18.2. The van der Waals surface area contributed by atoms with Crippen LogP contribution in [-0.4, -0.2) is 38.2 Å². The summed E-state index contributed by atoms with van der Waals surface area (Å²) in [6, 6.07) is 22.5. The molecule has 7 heteroatoms. The molecule has 1 unspecified atom stereocenters. The van der Waals surface area contributed by atoms with Crippen molar-refractivity contribution in [1.29, 1.82) is 0 Å². The number of nitrogens with zero attached hydrogens (tertiary/aromatic N) is 5. The van der Waals surface area contributed by atoms with Crippen LogP contribution in [0.5, 0.6) is 0 Å². The third-order valence-electron chi connectivity index (χ3n) is 5.25. The minimum atomic E-state index is 0.421. The van der Waals surface area contributed by atoms with Gasteiger partial charge in [-0.3, -0.25) is 14.5 Å². The largest absolute Gasteiger partial charge is 0.298 e. The number of pyridine rings is 1. The molecule has 2 heterocycles. The number of thioether (sulfide) groups is 1. The number of rotatable bonds is 9. The maximum absolute atomic E-state index is 6.30. The molecule has 0 aliphatic rings. The standard InChI is InChI=1S/C25H26ClN5S/c1-19(21-7-4-3-5-8-21)16-30(2)17-24-28-29-25(32-18-20-11-13-27-14-12-20)31(24)23-10-6-9-22(26)15-23/h3-15,19H,16-18H2,1-2H3. The quantitative estimate of drug-likeness (QED) is 0.291. The average molecular weight is 464 g/mol. The Balaban J connectivity index is 1.55. The first-order chi connectivity index (χ1) is 15.6. The highest BCUT2D eigenvalue weighted by Gasteiger charge is 2.18. The summed E-state index contributed by atoms with van der Waals surface area (Å²) < 4.78 is 2.11. The van der Waals surface area contributed by atoms with Gasteiger partial charge in [-0.05, 0) is 54.4 Å². The summed E-state index contributed by atoms with van der Waals surface area (Å²) in [6.45, 7) is 3.86. The molecule has 0 saturated heterocycles. The predicted octanol–water partition coefficient (Wildman–Crippen LogP) is 5.84. The van der Waals surface area contributed by atoms with E-state index in [2.05, 4.69) is 69.0 Å². The smallest absolute Gasteiger partial charge is 0.196 e. The van der Waals surface area contributed by atoms with Gasteiger partial charge in [0.2, 0.25) is 0 Å². The molecular weight excluding hydrogens is 438 g/mol. The van der Waals surface area contributed by atoms with E-state index in [0.29, 0.717) is 17.5 Å². The highest BCUT2D eigenvalue weighted by Crippen LogP contribution is 2.27. The summed E-state index contributed by atoms with van der Waals surface area (Å²) in [5.41, 5.74) is 3.50. The Labute approximate surface area is 198 Å². The van der Waals surface area contributed by atoms with Crippen LogP contribution in [0.25, 0.3) is 5.69 Å². The number of hydrogen-bond donors (Lipinski definition) is 0. The van der Waals surface area contributed by atoms with Gasteiger partial charge in [0, 0.05) is 29.7 Å². The van der Waals surface area contributed by atoms with Gasteiger partial charge in [0.05, 0.1) is 12.2 Å². The fourth-order valence-electron chi connectivity index (χ4n) is 3.66. The van der Waals surface area contributed by atoms with Crippen LogP contribution in [0.15, 0.2) is 84.3 Å². The Morgan fingerprint density at radius 3 is 2.53 bits per heavy atom. The van der Waals surface area contributed by atoms with Crippen molar-refractivity contribution in [2.75, 3.05) is 13.6 Å². The van der Waals surface area contributed by atoms with Crippen LogP contribution in [-0.2, 0) is 12.3 Å². The number of hydrogen-bond acceptors (Lipinski definition) is 5. The Bertz CT molecular complexity index is 1130. The van der Waals surface area contributed by atoms with E-state index < -0.39 is 0 Å². The molecule has 0 saturated carbocycles. The van der Waals surface area contributed by atoms with E-state index in [0.717, 1.165) is 29.0 Å². The van der Waals surface area contributed by atoms with Crippen LogP contribution in [0.2, 0.25) is 5.02 Å². The van der Waals surface area contributed by atoms with Crippen molar-refractivity contribution >= 4 is 23.4 Å². The molecular formula is C25H26ClN5S. The SMILES string of the molecule is CC(CN(C)Cc1nnc(SCc2ccncc2)n1-c1cccc(Cl)c1)c1ccccc1. The first kappa shape index (κ1) is 22.5. The van der Waals surface area contributed by atoms with Crippen LogP contribution in [0, 0.1) is 0 Å². The van der Waals surface area contributed by atoms with Crippen LogP contribution >= 0.6 is 23.4 Å². The minimum absolute atomic E-state index is 0.421. The van der Waals surface area contributed by atoms with Gasteiger partial charge >= 0.3 is 0 Å². The lowest BCUT2D eigenvalue weighted by atomic mass is 10.0. The van der Waals surface area contributed by atoms with E-state index in [-0.39, 0.29) is 0 Å². The predicted molar refractivity (Wildman–Crippen MR) is 131 cm³/mol. The second-order valence-corrected chi connectivity index (χ2v) is 9.25. The molecule has 0 fully saturated rings. The van der Waals surface area contributed by atoms with Crippen molar-refractivity contribution < 1.29 is 0 Å². The molecule has 164 valence electrons. The van der Waals surface area contributed by atoms with Crippen LogP contribution in [0.1, 0.15) is 29.8 Å². The number of aromatic nitrogens is 4. The molecule has 0 aliphatic carbocycles. The Hall–Kier alpha value is -2.67. The molecule has 0 radical (unpaired) electrons. The lowest BCUT2D eigenvalue weighted by molar-refractivity contribution is 0.300. The first-order valence-corrected chi connectivity index (χ1v) is 11.9. The summed E-state index contributed by atoms with van der Waals surface area (Å²) in [6.07, 6.45) is 3.62. The van der Waals surface area contributed by atoms with Crippen molar-refractivity contribution in [2.24, 2.45) is 0 Å². The van der Waals surface area contributed by atoms with Gasteiger partial charge in [0.1, 0.15) is 0 Å². The number of halogens is 1. The van der Waals surface area contributed by atoms with Crippen molar-refractivity contribution in [1.82, 2.24) is 24.6 Å². The van der Waals surface area contributed by atoms with Gasteiger partial charge in [-0.25, -0.2) is 0 Å². The van der Waals surface area contributed by atoms with E-state index in [1.807, 2.05) is 48.8 Å². The van der Waals surface area contributed by atoms with E-state index in [4.69, 9.17) is 11.6 Å². The maximum atomic E-state index is 6.30. The van der Waals surface area contributed by atoms with Gasteiger partial charge in [0.15, 0.2) is 11.0 Å². The van der Waals surface area contributed by atoms with E-state index in [1.165, 1.54) is 11.1 Å². The molecule has 4 aromatic rings. The fraction of sp³-hybridized carbons (Fsp3) is 0.240. The second kappa shape index (κ2) is 10.8. The Kier molecular flexibility index (Phi) is 7.58. The zero-order chi connectivity index (χ0) is 22.3. The number of likely N-dealkylation sites (N-methyl/N-ethyl adjacent to an activating group) is 1. The third-order valence-corrected chi connectivity index (χ3v) is 6.48. The highest BCUT2D eigenvalue weighted by molar-refractivity contribution is 7.98. The summed E-state index contributed by atoms with van der Waals surface area (Å²) >= 11 is 7.96. The van der Waals surface area contributed by atoms with Gasteiger partial charge in [-0.1, -0.05) is 66.7 Å². The topological polar surface area (TPSA) is 46.8 Å². The maximum Gasteiger partial charge on any atom is 0.196 e. The van der Waals surface area contributed by atoms with Crippen molar-refractivity contribution in [2.45, 2.75) is 30.3 Å². The summed E-state index contributed by atoms with van der Waals surface area (Å²) in [5.74, 6) is 2.11. The first-order valence-electron chi connectivity index (χ1n) is 10.6. The van der Waals surface area contributed by atoms with Crippen LogP contribution < -0.4 is 0 Å². The molecule has 0 aliphatic heterocycles. The fourth-order valence-corrected chi connectivity index (χ4v) is 4.77. The molecule has 0 N–H and O–H groups in total. The lowest BCUT2D eigenvalue weighted by Gasteiger charge is -2.22. The molecule has 5 nitrogen and oxygen atoms in total. The molecule has 0 amide bonds. The molecule has 0 bridgehead atoms. The third kappa shape index (κ3) is 5.76. The zero-order valence-corrected chi connectivity index (χ0v) is 19.8. The molecule has 4 rings (SSSR count). The molecule has 0 spiro atoms. The summed E-state index contributed by atoms with van der Waals surface area (Å²) in [5, 5.41) is 10.6. The van der Waals surface area contributed by atoms with Crippen LogP contribution in [0.4, 0.5) is 0 Å². The summed E-state index contributed by atoms with van der Waals surface area (Å²) in [7, 11) is 2.13. The second-order valence-electron chi connectivity index (χ2n) is 7.87. The molecule has 32 heavy (non-hydrogen) atoms. The Morgan fingerprint density at radius 2 is 1.78 bits per heavy atom. The normalized spacial score (nSPS) is 12.2. The number of benzene rings is 2. The summed E-state index contributed by atoms with van der Waals surface area (Å²) in [4.78, 5) is 6.39. The molecule has 2 aromatic carbocycles. The van der Waals surface area contributed by atoms with Gasteiger partial charge in [0.25, 0.3) is 0 Å².